The van der Waals surface area contributed by atoms with Crippen LogP contribution < -0.4 is 16.4 Å². The number of carbonyl (C=O) groups excluding carboxylic acids is 2. The largest absolute Gasteiger partial charge is 0.399 e. The van der Waals surface area contributed by atoms with Crippen LogP contribution in [0.2, 0.25) is 0 Å². The van der Waals surface area contributed by atoms with E-state index in [2.05, 4.69) is 10.6 Å². The van der Waals surface area contributed by atoms with Crippen LogP contribution >= 0.6 is 0 Å². The van der Waals surface area contributed by atoms with Crippen LogP contribution in [0.5, 0.6) is 0 Å². The Morgan fingerprint density at radius 3 is 2.25 bits per heavy atom. The topological polar surface area (TPSA) is 84.2 Å². The van der Waals surface area contributed by atoms with E-state index in [9.17, 15) is 9.59 Å². The van der Waals surface area contributed by atoms with Crippen LogP contribution in [0, 0.1) is 0 Å². The maximum Gasteiger partial charge on any atom is 0.239 e. The third-order valence-electron chi connectivity index (χ3n) is 3.06. The number of hydrogen-bond acceptors (Lipinski definition) is 3. The molecule has 0 bridgehead atoms. The normalized spacial score (nSPS) is 11.2. The summed E-state index contributed by atoms with van der Waals surface area (Å²) in [6, 6.07) is 7.22. The van der Waals surface area contributed by atoms with Gasteiger partial charge in [0, 0.05) is 11.7 Å². The van der Waals surface area contributed by atoms with Crippen molar-refractivity contribution in [2.75, 3.05) is 12.3 Å². The van der Waals surface area contributed by atoms with Gasteiger partial charge in [-0.1, -0.05) is 12.1 Å². The van der Waals surface area contributed by atoms with Crippen molar-refractivity contribution in [1.29, 1.82) is 0 Å². The summed E-state index contributed by atoms with van der Waals surface area (Å²) < 4.78 is 0. The Labute approximate surface area is 119 Å². The van der Waals surface area contributed by atoms with E-state index in [0.717, 1.165) is 5.56 Å². The summed E-state index contributed by atoms with van der Waals surface area (Å²) in [6.45, 7) is 7.36. The highest BCUT2D eigenvalue weighted by molar-refractivity contribution is 5.91. The number of nitrogens with one attached hydrogen (secondary N) is 2. The van der Waals surface area contributed by atoms with E-state index in [4.69, 9.17) is 5.73 Å². The number of benzene rings is 1. The molecule has 20 heavy (non-hydrogen) atoms. The van der Waals surface area contributed by atoms with Crippen LogP contribution in [-0.2, 0) is 15.0 Å². The molecule has 0 atom stereocenters. The van der Waals surface area contributed by atoms with E-state index in [0.29, 0.717) is 5.69 Å². The van der Waals surface area contributed by atoms with Crippen molar-refractivity contribution in [3.8, 4) is 0 Å². The zero-order valence-corrected chi connectivity index (χ0v) is 12.5. The average Bonchev–Trinajstić information content (AvgIpc) is 2.35. The average molecular weight is 277 g/mol. The molecule has 1 aromatic carbocycles. The number of nitrogen functional groups attached to an aromatic ring is 1. The maximum atomic E-state index is 12.2. The summed E-state index contributed by atoms with van der Waals surface area (Å²) in [6.07, 6.45) is 0. The molecule has 0 aromatic heterocycles. The molecule has 0 spiro atoms. The van der Waals surface area contributed by atoms with Gasteiger partial charge in [-0.3, -0.25) is 9.59 Å². The van der Waals surface area contributed by atoms with Gasteiger partial charge in [0.1, 0.15) is 0 Å². The molecule has 0 radical (unpaired) electrons. The summed E-state index contributed by atoms with van der Waals surface area (Å²) >= 11 is 0. The van der Waals surface area contributed by atoms with Crippen LogP contribution in [0.3, 0.4) is 0 Å². The van der Waals surface area contributed by atoms with Gasteiger partial charge in [-0.05, 0) is 45.4 Å². The fourth-order valence-corrected chi connectivity index (χ4v) is 1.79. The molecule has 5 nitrogen and oxygen atoms in total. The highest BCUT2D eigenvalue weighted by Crippen LogP contribution is 2.24. The standard InChI is InChI=1S/C15H23N3O2/c1-10(2)18-13(19)9-17-14(20)15(3,4)11-5-7-12(16)8-6-11/h5-8,10H,9,16H2,1-4H3,(H,17,20)(H,18,19). The van der Waals surface area contributed by atoms with E-state index in [1.807, 2.05) is 39.8 Å². The van der Waals surface area contributed by atoms with E-state index in [1.165, 1.54) is 0 Å². The highest BCUT2D eigenvalue weighted by Gasteiger charge is 2.29. The minimum absolute atomic E-state index is 0.0184. The van der Waals surface area contributed by atoms with Crippen molar-refractivity contribution < 1.29 is 9.59 Å². The van der Waals surface area contributed by atoms with Crippen LogP contribution in [0.1, 0.15) is 33.3 Å². The number of amides is 2. The quantitative estimate of drug-likeness (QED) is 0.707. The van der Waals surface area contributed by atoms with Gasteiger partial charge >= 0.3 is 0 Å². The molecule has 0 unspecified atom stereocenters. The van der Waals surface area contributed by atoms with Crippen LogP contribution in [0.15, 0.2) is 24.3 Å². The molecule has 110 valence electrons. The molecule has 0 saturated carbocycles. The number of hydrogen-bond donors (Lipinski definition) is 3. The van der Waals surface area contributed by atoms with Crippen molar-refractivity contribution in [3.05, 3.63) is 29.8 Å². The number of carbonyl (C=O) groups is 2. The van der Waals surface area contributed by atoms with Gasteiger partial charge in [-0.15, -0.1) is 0 Å². The first kappa shape index (κ1) is 16.0. The van der Waals surface area contributed by atoms with Gasteiger partial charge in [-0.25, -0.2) is 0 Å². The first-order chi connectivity index (χ1) is 9.23. The summed E-state index contributed by atoms with van der Waals surface area (Å²) in [5, 5.41) is 5.39. The minimum atomic E-state index is -0.716. The summed E-state index contributed by atoms with van der Waals surface area (Å²) in [7, 11) is 0. The van der Waals surface area contributed by atoms with Crippen LogP contribution in [0.25, 0.3) is 0 Å². The Morgan fingerprint density at radius 2 is 1.75 bits per heavy atom. The molecule has 0 saturated heterocycles. The Bertz CT molecular complexity index is 478. The molecule has 2 amide bonds. The fraction of sp³-hybridized carbons (Fsp3) is 0.467. The zero-order chi connectivity index (χ0) is 15.3. The molecular formula is C15H23N3O2. The first-order valence-electron chi connectivity index (χ1n) is 6.67. The number of rotatable bonds is 5. The Balaban J connectivity index is 2.65. The lowest BCUT2D eigenvalue weighted by Crippen LogP contribution is -2.45. The summed E-state index contributed by atoms with van der Waals surface area (Å²) in [4.78, 5) is 23.7. The second-order valence-corrected chi connectivity index (χ2v) is 5.65. The van der Waals surface area contributed by atoms with E-state index in [1.54, 1.807) is 12.1 Å². The van der Waals surface area contributed by atoms with Gasteiger partial charge in [0.15, 0.2) is 0 Å². The SMILES string of the molecule is CC(C)NC(=O)CNC(=O)C(C)(C)c1ccc(N)cc1. The van der Waals surface area contributed by atoms with Gasteiger partial charge in [0.05, 0.1) is 12.0 Å². The number of anilines is 1. The van der Waals surface area contributed by atoms with Crippen molar-refractivity contribution >= 4 is 17.5 Å². The molecule has 0 aliphatic carbocycles. The lowest BCUT2D eigenvalue weighted by atomic mass is 9.83. The first-order valence-corrected chi connectivity index (χ1v) is 6.67. The fourth-order valence-electron chi connectivity index (χ4n) is 1.79. The Kier molecular flexibility index (Phi) is 5.13. The highest BCUT2D eigenvalue weighted by atomic mass is 16.2. The van der Waals surface area contributed by atoms with E-state index in [-0.39, 0.29) is 24.4 Å². The minimum Gasteiger partial charge on any atom is -0.399 e. The van der Waals surface area contributed by atoms with Crippen molar-refractivity contribution in [2.45, 2.75) is 39.2 Å². The molecule has 0 aliphatic heterocycles. The zero-order valence-electron chi connectivity index (χ0n) is 12.5. The van der Waals surface area contributed by atoms with Gasteiger partial charge in [0.25, 0.3) is 0 Å². The van der Waals surface area contributed by atoms with Crippen LogP contribution in [0.4, 0.5) is 5.69 Å². The van der Waals surface area contributed by atoms with Gasteiger partial charge < -0.3 is 16.4 Å². The molecule has 0 aliphatic rings. The lowest BCUT2D eigenvalue weighted by molar-refractivity contribution is -0.129. The second kappa shape index (κ2) is 6.41. The Hall–Kier alpha value is -2.04. The van der Waals surface area contributed by atoms with E-state index < -0.39 is 5.41 Å². The predicted octanol–water partition coefficient (Wildman–Crippen LogP) is 1.19. The molecule has 4 N–H and O–H groups in total. The smallest absolute Gasteiger partial charge is 0.239 e. The van der Waals surface area contributed by atoms with Crippen LogP contribution in [-0.4, -0.2) is 24.4 Å². The molecule has 5 heteroatoms. The van der Waals surface area contributed by atoms with Gasteiger partial charge in [-0.2, -0.15) is 0 Å². The van der Waals surface area contributed by atoms with Crippen molar-refractivity contribution in [2.24, 2.45) is 0 Å². The predicted molar refractivity (Wildman–Crippen MR) is 80.2 cm³/mol. The summed E-state index contributed by atoms with van der Waals surface area (Å²) in [5.74, 6) is -0.386. The maximum absolute atomic E-state index is 12.2. The third kappa shape index (κ3) is 4.26. The lowest BCUT2D eigenvalue weighted by Gasteiger charge is -2.24. The summed E-state index contributed by atoms with van der Waals surface area (Å²) in [5.41, 5.74) is 6.43. The van der Waals surface area contributed by atoms with Gasteiger partial charge in [0.2, 0.25) is 11.8 Å². The number of nitrogens with two attached hydrogens (primary N) is 1. The molecular weight excluding hydrogens is 254 g/mol. The second-order valence-electron chi connectivity index (χ2n) is 5.65. The van der Waals surface area contributed by atoms with E-state index >= 15 is 0 Å². The monoisotopic (exact) mass is 277 g/mol. The molecule has 1 rings (SSSR count). The molecule has 1 aromatic rings. The Morgan fingerprint density at radius 1 is 1.20 bits per heavy atom. The third-order valence-corrected chi connectivity index (χ3v) is 3.06. The molecule has 0 heterocycles. The molecule has 0 fully saturated rings. The van der Waals surface area contributed by atoms with Crippen molar-refractivity contribution in [1.82, 2.24) is 10.6 Å². The van der Waals surface area contributed by atoms with Crippen molar-refractivity contribution in [3.63, 3.8) is 0 Å².